The van der Waals surface area contributed by atoms with Crippen molar-refractivity contribution in [3.05, 3.63) is 0 Å². The minimum Gasteiger partial charge on any atom is -0.448 e. The molecule has 0 aliphatic rings. The van der Waals surface area contributed by atoms with Crippen LogP contribution in [0.15, 0.2) is 0 Å². The Bertz CT molecular complexity index is 241. The summed E-state index contributed by atoms with van der Waals surface area (Å²) in [5.41, 5.74) is 0. The Hall–Kier alpha value is -0.680. The van der Waals surface area contributed by atoms with Crippen LogP contribution in [0, 0.1) is 0 Å². The van der Waals surface area contributed by atoms with Crippen molar-refractivity contribution in [1.82, 2.24) is 0 Å². The van der Waals surface area contributed by atoms with Gasteiger partial charge in [0.05, 0.1) is 6.61 Å². The van der Waals surface area contributed by atoms with Gasteiger partial charge in [-0.25, -0.2) is 0 Å². The molecular weight excluding hydrogens is 236 g/mol. The quantitative estimate of drug-likeness (QED) is 0.552. The van der Waals surface area contributed by atoms with Gasteiger partial charge in [0.2, 0.25) is 12.3 Å². The standard InChI is InChI=1S/C7H11F3O4P/c1-3-13-15(12)4-6(7(8,9)10)14-5(2)11/h6H,3-4H2,1-2H3/q+1. The second-order valence-electron chi connectivity index (χ2n) is 2.57. The molecule has 8 heteroatoms. The van der Waals surface area contributed by atoms with Crippen LogP contribution in [-0.2, 0) is 18.6 Å². The van der Waals surface area contributed by atoms with E-state index in [4.69, 9.17) is 0 Å². The molecule has 2 atom stereocenters. The number of ether oxygens (including phenoxy) is 1. The molecule has 0 aromatic rings. The van der Waals surface area contributed by atoms with Crippen LogP contribution in [0.5, 0.6) is 0 Å². The maximum atomic E-state index is 12.2. The third-order valence-corrected chi connectivity index (χ3v) is 2.44. The third kappa shape index (κ3) is 6.41. The van der Waals surface area contributed by atoms with Crippen molar-refractivity contribution in [3.63, 3.8) is 0 Å². The van der Waals surface area contributed by atoms with E-state index in [1.165, 1.54) is 6.92 Å². The lowest BCUT2D eigenvalue weighted by molar-refractivity contribution is -0.214. The number of rotatable bonds is 5. The van der Waals surface area contributed by atoms with E-state index in [-0.39, 0.29) is 6.61 Å². The summed E-state index contributed by atoms with van der Waals surface area (Å²) in [6, 6.07) is 0. The van der Waals surface area contributed by atoms with E-state index >= 15 is 0 Å². The van der Waals surface area contributed by atoms with Crippen molar-refractivity contribution in [2.24, 2.45) is 0 Å². The zero-order valence-electron chi connectivity index (χ0n) is 8.21. The summed E-state index contributed by atoms with van der Waals surface area (Å²) in [6.45, 7) is 2.40. The van der Waals surface area contributed by atoms with Crippen LogP contribution in [-0.4, -0.2) is 31.0 Å². The summed E-state index contributed by atoms with van der Waals surface area (Å²) in [5, 5.41) is 0. The molecule has 0 saturated heterocycles. The van der Waals surface area contributed by atoms with Crippen LogP contribution < -0.4 is 0 Å². The van der Waals surface area contributed by atoms with Gasteiger partial charge in [-0.1, -0.05) is 0 Å². The summed E-state index contributed by atoms with van der Waals surface area (Å²) in [4.78, 5) is 10.4. The fraction of sp³-hybridized carbons (Fsp3) is 0.857. The van der Waals surface area contributed by atoms with Gasteiger partial charge >= 0.3 is 20.2 Å². The van der Waals surface area contributed by atoms with Crippen molar-refractivity contribution in [1.29, 1.82) is 0 Å². The Labute approximate surface area is 85.6 Å². The highest BCUT2D eigenvalue weighted by Gasteiger charge is 2.48. The number of carbonyl (C=O) groups is 1. The Kier molecular flexibility index (Phi) is 5.75. The van der Waals surface area contributed by atoms with Gasteiger partial charge in [-0.05, 0) is 11.5 Å². The second-order valence-corrected chi connectivity index (χ2v) is 3.86. The summed E-state index contributed by atoms with van der Waals surface area (Å²) < 4.78 is 56.0. The molecule has 0 aliphatic heterocycles. The smallest absolute Gasteiger partial charge is 0.448 e. The Morgan fingerprint density at radius 3 is 2.33 bits per heavy atom. The maximum absolute atomic E-state index is 12.2. The van der Waals surface area contributed by atoms with E-state index in [1.807, 2.05) is 0 Å². The molecule has 0 aliphatic carbocycles. The highest BCUT2D eigenvalue weighted by molar-refractivity contribution is 7.39. The first-order valence-electron chi connectivity index (χ1n) is 4.08. The van der Waals surface area contributed by atoms with Crippen molar-refractivity contribution in [2.45, 2.75) is 26.1 Å². The molecule has 88 valence electrons. The van der Waals surface area contributed by atoms with E-state index in [9.17, 15) is 22.5 Å². The largest absolute Gasteiger partial charge is 0.512 e. The van der Waals surface area contributed by atoms with Gasteiger partial charge in [-0.2, -0.15) is 13.2 Å². The topological polar surface area (TPSA) is 52.6 Å². The van der Waals surface area contributed by atoms with E-state index in [2.05, 4.69) is 9.26 Å². The number of halogens is 3. The van der Waals surface area contributed by atoms with Gasteiger partial charge in [0.15, 0.2) is 0 Å². The van der Waals surface area contributed by atoms with Crippen molar-refractivity contribution in [2.75, 3.05) is 12.8 Å². The van der Waals surface area contributed by atoms with E-state index < -0.39 is 32.4 Å². The van der Waals surface area contributed by atoms with Gasteiger partial charge < -0.3 is 4.74 Å². The molecule has 0 N–H and O–H groups in total. The van der Waals surface area contributed by atoms with Crippen LogP contribution in [0.2, 0.25) is 0 Å². The number of hydrogen-bond donors (Lipinski definition) is 0. The van der Waals surface area contributed by atoms with Crippen molar-refractivity contribution >= 4 is 14.0 Å². The highest BCUT2D eigenvalue weighted by Crippen LogP contribution is 2.32. The van der Waals surface area contributed by atoms with Gasteiger partial charge in [-0.3, -0.25) is 4.79 Å². The molecule has 0 radical (unpaired) electrons. The first kappa shape index (κ1) is 14.3. The fourth-order valence-corrected chi connectivity index (χ4v) is 1.69. The molecule has 0 bridgehead atoms. The van der Waals surface area contributed by atoms with Crippen LogP contribution in [0.4, 0.5) is 13.2 Å². The van der Waals surface area contributed by atoms with Crippen LogP contribution >= 0.6 is 8.03 Å². The van der Waals surface area contributed by atoms with Gasteiger partial charge in [0.25, 0.3) is 0 Å². The first-order valence-corrected chi connectivity index (χ1v) is 5.45. The Morgan fingerprint density at radius 2 is 2.00 bits per heavy atom. The third-order valence-electron chi connectivity index (χ3n) is 1.26. The molecule has 0 spiro atoms. The zero-order chi connectivity index (χ0) is 12.1. The van der Waals surface area contributed by atoms with Crippen molar-refractivity contribution < 1.29 is 31.8 Å². The number of alkyl halides is 3. The molecule has 0 aromatic heterocycles. The SMILES string of the molecule is CCO[P+](=O)CC(OC(C)=O)C(F)(F)F. The fourth-order valence-electron chi connectivity index (χ4n) is 0.740. The minimum atomic E-state index is -4.73. The number of hydrogen-bond acceptors (Lipinski definition) is 4. The average Bonchev–Trinajstić information content (AvgIpc) is 2.00. The summed E-state index contributed by atoms with van der Waals surface area (Å²) in [5.74, 6) is -1.07. The van der Waals surface area contributed by atoms with Gasteiger partial charge in [-0.15, -0.1) is 4.52 Å². The molecular formula is C7H11F3O4P+. The molecule has 2 unspecified atom stereocenters. The predicted octanol–water partition coefficient (Wildman–Crippen LogP) is 2.26. The highest BCUT2D eigenvalue weighted by atomic mass is 31.1. The molecule has 15 heavy (non-hydrogen) atoms. The van der Waals surface area contributed by atoms with Crippen LogP contribution in [0.3, 0.4) is 0 Å². The average molecular weight is 247 g/mol. The zero-order valence-corrected chi connectivity index (χ0v) is 9.10. The van der Waals surface area contributed by atoms with Crippen LogP contribution in [0.25, 0.3) is 0 Å². The van der Waals surface area contributed by atoms with Crippen molar-refractivity contribution in [3.8, 4) is 0 Å². The van der Waals surface area contributed by atoms with E-state index in [0.717, 1.165) is 6.92 Å². The number of esters is 1. The lowest BCUT2D eigenvalue weighted by Crippen LogP contribution is -2.35. The normalized spacial score (nSPS) is 14.6. The lowest BCUT2D eigenvalue weighted by Gasteiger charge is -2.15. The Morgan fingerprint density at radius 1 is 1.47 bits per heavy atom. The molecule has 0 rings (SSSR count). The summed E-state index contributed by atoms with van der Waals surface area (Å²) in [6.07, 6.45) is -7.97. The van der Waals surface area contributed by atoms with E-state index in [1.54, 1.807) is 0 Å². The maximum Gasteiger partial charge on any atom is 0.512 e. The second kappa shape index (κ2) is 6.02. The molecule has 0 amide bonds. The first-order chi connectivity index (χ1) is 6.77. The predicted molar refractivity (Wildman–Crippen MR) is 45.7 cm³/mol. The van der Waals surface area contributed by atoms with Crippen LogP contribution in [0.1, 0.15) is 13.8 Å². The molecule has 0 fully saturated rings. The minimum absolute atomic E-state index is 0.0415. The molecule has 0 heterocycles. The molecule has 0 saturated carbocycles. The molecule has 0 aromatic carbocycles. The lowest BCUT2D eigenvalue weighted by atomic mass is 10.4. The summed E-state index contributed by atoms with van der Waals surface area (Å²) in [7, 11) is -2.46. The summed E-state index contributed by atoms with van der Waals surface area (Å²) >= 11 is 0. The van der Waals surface area contributed by atoms with Gasteiger partial charge in [0, 0.05) is 6.92 Å². The monoisotopic (exact) mass is 247 g/mol. The van der Waals surface area contributed by atoms with Gasteiger partial charge in [0.1, 0.15) is 0 Å². The number of carbonyl (C=O) groups excluding carboxylic acids is 1. The molecule has 4 nitrogen and oxygen atoms in total. The Balaban J connectivity index is 4.38. The van der Waals surface area contributed by atoms with E-state index in [0.29, 0.717) is 0 Å².